The Hall–Kier alpha value is -1.66. The second kappa shape index (κ2) is 5.94. The van der Waals surface area contributed by atoms with Crippen molar-refractivity contribution in [3.8, 4) is 6.07 Å². The summed E-state index contributed by atoms with van der Waals surface area (Å²) in [7, 11) is 0. The summed E-state index contributed by atoms with van der Waals surface area (Å²) in [5, 5.41) is 11.6. The molecule has 0 saturated carbocycles. The number of Topliss-reactive ketones (excluding diaryl/α,β-unsaturated/α-hetero) is 1. The van der Waals surface area contributed by atoms with E-state index < -0.39 is 0 Å². The molecule has 1 unspecified atom stereocenters. The van der Waals surface area contributed by atoms with Crippen LogP contribution in [0.15, 0.2) is 30.3 Å². The highest BCUT2D eigenvalue weighted by molar-refractivity contribution is 5.81. The van der Waals surface area contributed by atoms with Crippen molar-refractivity contribution < 1.29 is 4.79 Å². The van der Waals surface area contributed by atoms with Gasteiger partial charge in [-0.25, -0.2) is 0 Å². The average molecular weight is 202 g/mol. The average Bonchev–Trinajstić information content (AvgIpc) is 2.25. The Morgan fingerprint density at radius 2 is 2.13 bits per heavy atom. The van der Waals surface area contributed by atoms with Gasteiger partial charge in [0, 0.05) is 6.54 Å². The summed E-state index contributed by atoms with van der Waals surface area (Å²) in [6, 6.07) is 11.5. The first-order valence-corrected chi connectivity index (χ1v) is 4.88. The summed E-state index contributed by atoms with van der Waals surface area (Å²) in [5.41, 5.74) is 1.11. The molecule has 1 aromatic carbocycles. The van der Waals surface area contributed by atoms with Gasteiger partial charge in [0.05, 0.1) is 18.5 Å². The molecular formula is C12H14N2O. The molecule has 0 aromatic heterocycles. The van der Waals surface area contributed by atoms with Gasteiger partial charge in [0.25, 0.3) is 0 Å². The first kappa shape index (κ1) is 11.4. The van der Waals surface area contributed by atoms with E-state index in [1.54, 1.807) is 0 Å². The molecule has 1 aromatic rings. The van der Waals surface area contributed by atoms with Crippen LogP contribution in [0.4, 0.5) is 0 Å². The molecule has 0 amide bonds. The van der Waals surface area contributed by atoms with Crippen molar-refractivity contribution >= 4 is 5.78 Å². The molecule has 0 aliphatic rings. The molecule has 1 rings (SSSR count). The van der Waals surface area contributed by atoms with Gasteiger partial charge in [-0.3, -0.25) is 4.79 Å². The first-order chi connectivity index (χ1) is 7.24. The van der Waals surface area contributed by atoms with Gasteiger partial charge >= 0.3 is 0 Å². The lowest BCUT2D eigenvalue weighted by Gasteiger charge is -2.12. The Morgan fingerprint density at radius 1 is 1.47 bits per heavy atom. The number of nitrogens with zero attached hydrogens (tertiary/aromatic N) is 1. The monoisotopic (exact) mass is 202 g/mol. The molecule has 3 heteroatoms. The Morgan fingerprint density at radius 3 is 2.67 bits per heavy atom. The third-order valence-corrected chi connectivity index (χ3v) is 2.18. The molecule has 1 N–H and O–H groups in total. The summed E-state index contributed by atoms with van der Waals surface area (Å²) < 4.78 is 0. The van der Waals surface area contributed by atoms with E-state index in [9.17, 15) is 4.79 Å². The third kappa shape index (κ3) is 3.92. The van der Waals surface area contributed by atoms with E-state index in [0.717, 1.165) is 5.56 Å². The Bertz CT molecular complexity index is 354. The van der Waals surface area contributed by atoms with Crippen molar-refractivity contribution in [2.24, 2.45) is 0 Å². The van der Waals surface area contributed by atoms with Crippen molar-refractivity contribution in [2.75, 3.05) is 0 Å². The summed E-state index contributed by atoms with van der Waals surface area (Å²) in [6.07, 6.45) is 0.224. The number of nitrogens with one attached hydrogen (secondary N) is 1. The zero-order chi connectivity index (χ0) is 11.1. The number of hydrogen-bond acceptors (Lipinski definition) is 3. The molecule has 0 bridgehead atoms. The fourth-order valence-electron chi connectivity index (χ4n) is 1.29. The van der Waals surface area contributed by atoms with Crippen molar-refractivity contribution in [3.63, 3.8) is 0 Å². The van der Waals surface area contributed by atoms with Crippen LogP contribution in [0.1, 0.15) is 18.9 Å². The van der Waals surface area contributed by atoms with Crippen molar-refractivity contribution in [1.82, 2.24) is 5.32 Å². The number of nitriles is 1. The molecule has 0 aliphatic carbocycles. The number of rotatable bonds is 5. The lowest BCUT2D eigenvalue weighted by molar-refractivity contribution is -0.118. The van der Waals surface area contributed by atoms with Crippen LogP contribution in [-0.4, -0.2) is 11.8 Å². The van der Waals surface area contributed by atoms with Crippen LogP contribution >= 0.6 is 0 Å². The SMILES string of the molecule is CC(=O)C(CC#N)NCc1ccccc1. The van der Waals surface area contributed by atoms with Gasteiger partial charge in [-0.1, -0.05) is 30.3 Å². The predicted molar refractivity (Wildman–Crippen MR) is 58.0 cm³/mol. The third-order valence-electron chi connectivity index (χ3n) is 2.18. The lowest BCUT2D eigenvalue weighted by Crippen LogP contribution is -2.34. The molecule has 15 heavy (non-hydrogen) atoms. The van der Waals surface area contributed by atoms with Crippen LogP contribution in [0, 0.1) is 11.3 Å². The second-order valence-corrected chi connectivity index (χ2v) is 3.39. The second-order valence-electron chi connectivity index (χ2n) is 3.39. The smallest absolute Gasteiger partial charge is 0.147 e. The zero-order valence-corrected chi connectivity index (χ0v) is 8.73. The van der Waals surface area contributed by atoms with Gasteiger partial charge in [-0.05, 0) is 12.5 Å². The van der Waals surface area contributed by atoms with Gasteiger partial charge in [-0.2, -0.15) is 5.26 Å². The molecule has 0 spiro atoms. The van der Waals surface area contributed by atoms with Crippen LogP contribution in [0.2, 0.25) is 0 Å². The zero-order valence-electron chi connectivity index (χ0n) is 8.73. The van der Waals surface area contributed by atoms with Gasteiger partial charge in [0.1, 0.15) is 5.78 Å². The molecular weight excluding hydrogens is 188 g/mol. The van der Waals surface area contributed by atoms with E-state index in [1.165, 1.54) is 6.92 Å². The Labute approximate surface area is 89.7 Å². The maximum atomic E-state index is 11.1. The maximum absolute atomic E-state index is 11.1. The first-order valence-electron chi connectivity index (χ1n) is 4.88. The van der Waals surface area contributed by atoms with Gasteiger partial charge in [-0.15, -0.1) is 0 Å². The van der Waals surface area contributed by atoms with Crippen LogP contribution in [0.5, 0.6) is 0 Å². The lowest BCUT2D eigenvalue weighted by atomic mass is 10.1. The van der Waals surface area contributed by atoms with E-state index in [2.05, 4.69) is 5.32 Å². The molecule has 0 saturated heterocycles. The van der Waals surface area contributed by atoms with Gasteiger partial charge < -0.3 is 5.32 Å². The van der Waals surface area contributed by atoms with Gasteiger partial charge in [0.15, 0.2) is 0 Å². The normalized spacial score (nSPS) is 11.7. The van der Waals surface area contributed by atoms with Crippen molar-refractivity contribution in [3.05, 3.63) is 35.9 Å². The number of ketones is 1. The van der Waals surface area contributed by atoms with Crippen LogP contribution in [0.25, 0.3) is 0 Å². The maximum Gasteiger partial charge on any atom is 0.147 e. The van der Waals surface area contributed by atoms with E-state index in [0.29, 0.717) is 6.54 Å². The number of carbonyl (C=O) groups is 1. The molecule has 3 nitrogen and oxygen atoms in total. The Kier molecular flexibility index (Phi) is 4.52. The largest absolute Gasteiger partial charge is 0.303 e. The highest BCUT2D eigenvalue weighted by atomic mass is 16.1. The summed E-state index contributed by atoms with van der Waals surface area (Å²) in [5.74, 6) is 0.00693. The highest BCUT2D eigenvalue weighted by Crippen LogP contribution is 2.00. The molecule has 1 atom stereocenters. The quantitative estimate of drug-likeness (QED) is 0.789. The minimum Gasteiger partial charge on any atom is -0.303 e. The van der Waals surface area contributed by atoms with Crippen LogP contribution in [0.3, 0.4) is 0 Å². The standard InChI is InChI=1S/C12H14N2O/c1-10(15)12(7-8-13)14-9-11-5-3-2-4-6-11/h2-6,12,14H,7,9H2,1H3. The number of carbonyl (C=O) groups excluding carboxylic acids is 1. The Balaban J connectivity index is 2.48. The van der Waals surface area contributed by atoms with E-state index in [-0.39, 0.29) is 18.2 Å². The molecule has 0 aliphatic heterocycles. The molecule has 78 valence electrons. The number of benzene rings is 1. The van der Waals surface area contributed by atoms with E-state index >= 15 is 0 Å². The highest BCUT2D eigenvalue weighted by Gasteiger charge is 2.12. The molecule has 0 fully saturated rings. The van der Waals surface area contributed by atoms with Crippen LogP contribution in [-0.2, 0) is 11.3 Å². The van der Waals surface area contributed by atoms with Crippen molar-refractivity contribution in [2.45, 2.75) is 25.9 Å². The summed E-state index contributed by atoms with van der Waals surface area (Å²) in [4.78, 5) is 11.1. The molecule has 0 heterocycles. The molecule has 0 radical (unpaired) electrons. The predicted octanol–water partition coefficient (Wildman–Crippen LogP) is 1.65. The van der Waals surface area contributed by atoms with Crippen LogP contribution < -0.4 is 5.32 Å². The minimum absolute atomic E-state index is 0.00693. The number of hydrogen-bond donors (Lipinski definition) is 1. The minimum atomic E-state index is -0.352. The fraction of sp³-hybridized carbons (Fsp3) is 0.333. The summed E-state index contributed by atoms with van der Waals surface area (Å²) >= 11 is 0. The summed E-state index contributed by atoms with van der Waals surface area (Å²) in [6.45, 7) is 2.12. The topological polar surface area (TPSA) is 52.9 Å². The van der Waals surface area contributed by atoms with E-state index in [4.69, 9.17) is 5.26 Å². The van der Waals surface area contributed by atoms with Gasteiger partial charge in [0.2, 0.25) is 0 Å². The fourth-order valence-corrected chi connectivity index (χ4v) is 1.29. The van der Waals surface area contributed by atoms with Crippen molar-refractivity contribution in [1.29, 1.82) is 5.26 Å². The van der Waals surface area contributed by atoms with E-state index in [1.807, 2.05) is 36.4 Å².